The zero-order chi connectivity index (χ0) is 17.0. The molecule has 0 bridgehead atoms. The Morgan fingerprint density at radius 1 is 1.48 bits per heavy atom. The van der Waals surface area contributed by atoms with Gasteiger partial charge in [0.25, 0.3) is 0 Å². The van der Waals surface area contributed by atoms with Crippen LogP contribution in [0.5, 0.6) is 0 Å². The summed E-state index contributed by atoms with van der Waals surface area (Å²) in [6.07, 6.45) is 5.84. The van der Waals surface area contributed by atoms with Gasteiger partial charge < -0.3 is 14.6 Å². The molecule has 1 aliphatic rings. The van der Waals surface area contributed by atoms with Gasteiger partial charge in [-0.05, 0) is 46.1 Å². The second-order valence-corrected chi connectivity index (χ2v) is 7.49. The molecular formula is C17H30N4O2. The van der Waals surface area contributed by atoms with E-state index in [1.54, 1.807) is 0 Å². The van der Waals surface area contributed by atoms with Gasteiger partial charge in [0.15, 0.2) is 0 Å². The van der Waals surface area contributed by atoms with E-state index < -0.39 is 5.60 Å². The van der Waals surface area contributed by atoms with Gasteiger partial charge in [-0.25, -0.2) is 9.78 Å². The average molecular weight is 322 g/mol. The summed E-state index contributed by atoms with van der Waals surface area (Å²) >= 11 is 0. The quantitative estimate of drug-likeness (QED) is 0.925. The molecule has 0 unspecified atom stereocenters. The number of likely N-dealkylation sites (tertiary alicyclic amines) is 1. The predicted octanol–water partition coefficient (Wildman–Crippen LogP) is 2.55. The van der Waals surface area contributed by atoms with E-state index >= 15 is 0 Å². The van der Waals surface area contributed by atoms with Gasteiger partial charge in [-0.15, -0.1) is 0 Å². The predicted molar refractivity (Wildman–Crippen MR) is 90.0 cm³/mol. The maximum atomic E-state index is 11.9. The first-order chi connectivity index (χ1) is 10.8. The highest BCUT2D eigenvalue weighted by molar-refractivity contribution is 5.67. The standard InChI is InChI=1S/C17H30N4O2/c1-13-7-6-9-21(12-15-18-8-10-20(15)5)14(13)11-19-16(22)23-17(2,3)4/h8,10,13-14H,6-7,9,11-12H2,1-5H3,(H,19,22)/t13-,14+/m0/s1. The average Bonchev–Trinajstić information content (AvgIpc) is 2.81. The second-order valence-electron chi connectivity index (χ2n) is 7.49. The first kappa shape index (κ1) is 17.8. The van der Waals surface area contributed by atoms with E-state index in [0.29, 0.717) is 18.5 Å². The number of nitrogens with zero attached hydrogens (tertiary/aromatic N) is 3. The Bertz CT molecular complexity index is 521. The fourth-order valence-corrected chi connectivity index (χ4v) is 3.09. The molecule has 1 aliphatic heterocycles. The number of piperidine rings is 1. The fourth-order valence-electron chi connectivity index (χ4n) is 3.09. The molecule has 6 heteroatoms. The lowest BCUT2D eigenvalue weighted by Gasteiger charge is -2.40. The number of nitrogens with one attached hydrogen (secondary N) is 1. The fraction of sp³-hybridized carbons (Fsp3) is 0.765. The molecular weight excluding hydrogens is 292 g/mol. The van der Waals surface area contributed by atoms with Crippen molar-refractivity contribution >= 4 is 6.09 Å². The minimum absolute atomic E-state index is 0.313. The number of alkyl carbamates (subject to hydrolysis) is 1. The van der Waals surface area contributed by atoms with Crippen molar-refractivity contribution in [3.05, 3.63) is 18.2 Å². The van der Waals surface area contributed by atoms with Crippen LogP contribution >= 0.6 is 0 Å². The molecule has 1 aromatic heterocycles. The summed E-state index contributed by atoms with van der Waals surface area (Å²) in [5.74, 6) is 1.60. The van der Waals surface area contributed by atoms with Crippen LogP contribution < -0.4 is 5.32 Å². The summed E-state index contributed by atoms with van der Waals surface area (Å²) in [7, 11) is 2.02. The van der Waals surface area contributed by atoms with Crippen LogP contribution in [0.1, 0.15) is 46.4 Å². The Hall–Kier alpha value is -1.56. The van der Waals surface area contributed by atoms with Gasteiger partial charge in [-0.2, -0.15) is 0 Å². The number of hydrogen-bond acceptors (Lipinski definition) is 4. The van der Waals surface area contributed by atoms with E-state index in [2.05, 4.69) is 26.7 Å². The second kappa shape index (κ2) is 7.34. The SMILES string of the molecule is C[C@H]1CCCN(Cc2nccn2C)[C@@H]1CNC(=O)OC(C)(C)C. The Morgan fingerprint density at radius 2 is 2.22 bits per heavy atom. The molecule has 2 rings (SSSR count). The van der Waals surface area contributed by atoms with Crippen molar-refractivity contribution in [3.63, 3.8) is 0 Å². The lowest BCUT2D eigenvalue weighted by Crippen LogP contribution is -2.50. The van der Waals surface area contributed by atoms with Crippen molar-refractivity contribution < 1.29 is 9.53 Å². The number of aromatic nitrogens is 2. The highest BCUT2D eigenvalue weighted by Gasteiger charge is 2.30. The van der Waals surface area contributed by atoms with Crippen LogP contribution in [0.4, 0.5) is 4.79 Å². The Kier molecular flexibility index (Phi) is 5.68. The summed E-state index contributed by atoms with van der Waals surface area (Å²) < 4.78 is 7.39. The zero-order valence-corrected chi connectivity index (χ0v) is 15.0. The van der Waals surface area contributed by atoms with E-state index in [-0.39, 0.29) is 6.09 Å². The third-order valence-corrected chi connectivity index (χ3v) is 4.35. The Balaban J connectivity index is 1.95. The van der Waals surface area contributed by atoms with E-state index in [1.165, 1.54) is 12.8 Å². The summed E-state index contributed by atoms with van der Waals surface area (Å²) in [4.78, 5) is 18.8. The van der Waals surface area contributed by atoms with Gasteiger partial charge in [0.1, 0.15) is 11.4 Å². The first-order valence-corrected chi connectivity index (χ1v) is 8.43. The van der Waals surface area contributed by atoms with Crippen LogP contribution in [-0.4, -0.2) is 45.3 Å². The van der Waals surface area contributed by atoms with Crippen LogP contribution in [0.15, 0.2) is 12.4 Å². The van der Waals surface area contributed by atoms with Gasteiger partial charge in [0.05, 0.1) is 6.54 Å². The topological polar surface area (TPSA) is 59.4 Å². The molecule has 6 nitrogen and oxygen atoms in total. The molecule has 1 N–H and O–H groups in total. The Labute approximate surface area is 139 Å². The van der Waals surface area contributed by atoms with Crippen molar-refractivity contribution in [2.45, 2.75) is 58.7 Å². The Morgan fingerprint density at radius 3 is 2.83 bits per heavy atom. The zero-order valence-electron chi connectivity index (χ0n) is 15.0. The van der Waals surface area contributed by atoms with Crippen molar-refractivity contribution in [1.29, 1.82) is 0 Å². The number of aryl methyl sites for hydroxylation is 1. The van der Waals surface area contributed by atoms with Crippen molar-refractivity contribution in [1.82, 2.24) is 19.8 Å². The number of hydrogen-bond donors (Lipinski definition) is 1. The molecule has 0 radical (unpaired) electrons. The smallest absolute Gasteiger partial charge is 0.407 e. The molecule has 130 valence electrons. The minimum atomic E-state index is -0.463. The normalized spacial score (nSPS) is 22.8. The number of rotatable bonds is 4. The van der Waals surface area contributed by atoms with Gasteiger partial charge in [0.2, 0.25) is 0 Å². The van der Waals surface area contributed by atoms with Gasteiger partial charge in [-0.3, -0.25) is 4.90 Å². The molecule has 0 spiro atoms. The highest BCUT2D eigenvalue weighted by Crippen LogP contribution is 2.24. The van der Waals surface area contributed by atoms with Crippen molar-refractivity contribution in [3.8, 4) is 0 Å². The van der Waals surface area contributed by atoms with Gasteiger partial charge in [0, 0.05) is 32.0 Å². The molecule has 2 heterocycles. The summed E-state index contributed by atoms with van der Waals surface area (Å²) in [5, 5.41) is 2.93. The summed E-state index contributed by atoms with van der Waals surface area (Å²) in [6, 6.07) is 0.313. The largest absolute Gasteiger partial charge is 0.444 e. The number of carbonyl (C=O) groups is 1. The van der Waals surface area contributed by atoms with Crippen molar-refractivity contribution in [2.75, 3.05) is 13.1 Å². The lowest BCUT2D eigenvalue weighted by molar-refractivity contribution is 0.0452. The van der Waals surface area contributed by atoms with Gasteiger partial charge >= 0.3 is 6.09 Å². The highest BCUT2D eigenvalue weighted by atomic mass is 16.6. The van der Waals surface area contributed by atoms with E-state index in [1.807, 2.05) is 40.2 Å². The van der Waals surface area contributed by atoms with Crippen LogP contribution in [-0.2, 0) is 18.3 Å². The van der Waals surface area contributed by atoms with Crippen LogP contribution in [0.25, 0.3) is 0 Å². The maximum absolute atomic E-state index is 11.9. The molecule has 0 aromatic carbocycles. The third kappa shape index (κ3) is 5.23. The minimum Gasteiger partial charge on any atom is -0.444 e. The number of ether oxygens (including phenoxy) is 1. The maximum Gasteiger partial charge on any atom is 0.407 e. The molecule has 0 saturated carbocycles. The summed E-state index contributed by atoms with van der Waals surface area (Å²) in [6.45, 7) is 10.4. The van der Waals surface area contributed by atoms with Crippen LogP contribution in [0.2, 0.25) is 0 Å². The van der Waals surface area contributed by atoms with Crippen LogP contribution in [0.3, 0.4) is 0 Å². The van der Waals surface area contributed by atoms with E-state index in [4.69, 9.17) is 4.74 Å². The van der Waals surface area contributed by atoms with Crippen molar-refractivity contribution in [2.24, 2.45) is 13.0 Å². The summed E-state index contributed by atoms with van der Waals surface area (Å²) in [5.41, 5.74) is -0.463. The van der Waals surface area contributed by atoms with Crippen LogP contribution in [0, 0.1) is 5.92 Å². The lowest BCUT2D eigenvalue weighted by atomic mass is 9.90. The van der Waals surface area contributed by atoms with E-state index in [9.17, 15) is 4.79 Å². The molecule has 23 heavy (non-hydrogen) atoms. The molecule has 1 fully saturated rings. The first-order valence-electron chi connectivity index (χ1n) is 8.43. The molecule has 1 aromatic rings. The van der Waals surface area contributed by atoms with Gasteiger partial charge in [-0.1, -0.05) is 6.92 Å². The molecule has 2 atom stereocenters. The van der Waals surface area contributed by atoms with E-state index in [0.717, 1.165) is 18.9 Å². The third-order valence-electron chi connectivity index (χ3n) is 4.35. The molecule has 1 amide bonds. The number of carbonyl (C=O) groups excluding carboxylic acids is 1. The number of amides is 1. The number of imidazole rings is 1. The molecule has 1 saturated heterocycles. The molecule has 0 aliphatic carbocycles. The monoisotopic (exact) mass is 322 g/mol.